The quantitative estimate of drug-likeness (QED) is 0.634. The van der Waals surface area contributed by atoms with Gasteiger partial charge in [-0.2, -0.15) is 0 Å². The summed E-state index contributed by atoms with van der Waals surface area (Å²) in [6, 6.07) is 0. The van der Waals surface area contributed by atoms with Crippen LogP contribution in [0, 0.1) is 0 Å². The molecule has 94 valence electrons. The summed E-state index contributed by atoms with van der Waals surface area (Å²) in [6.45, 7) is 12.7. The molecule has 2 N–H and O–H groups in total. The molecule has 0 radical (unpaired) electrons. The Bertz CT molecular complexity index is 203. The maximum absolute atomic E-state index is 9.57. The maximum atomic E-state index is 9.57. The summed E-state index contributed by atoms with van der Waals surface area (Å²) >= 11 is 0. The molecule has 0 aromatic heterocycles. The van der Waals surface area contributed by atoms with Gasteiger partial charge in [0.1, 0.15) is 64.6 Å². The standard InChI is InChI=1S/C12H26N2O2/c1-11(15)9-13-3-6-14(7-4-13,8-5-13)10-12(2)16/h11-12,15-16H,3-10H2,1-2H3/q+2. The molecule has 4 nitrogen and oxygen atoms in total. The highest BCUT2D eigenvalue weighted by Crippen LogP contribution is 2.27. The van der Waals surface area contributed by atoms with E-state index in [9.17, 15) is 10.2 Å². The lowest BCUT2D eigenvalue weighted by atomic mass is 10.0. The van der Waals surface area contributed by atoms with Crippen LogP contribution in [0.2, 0.25) is 0 Å². The second-order valence-electron chi connectivity index (χ2n) is 6.09. The Morgan fingerprint density at radius 3 is 1.19 bits per heavy atom. The molecule has 0 amide bonds. The van der Waals surface area contributed by atoms with Crippen LogP contribution in [0.15, 0.2) is 0 Å². The lowest BCUT2D eigenvalue weighted by molar-refractivity contribution is -1.08. The minimum atomic E-state index is -0.185. The Hall–Kier alpha value is -0.160. The van der Waals surface area contributed by atoms with Crippen molar-refractivity contribution in [3.05, 3.63) is 0 Å². The molecular weight excluding hydrogens is 204 g/mol. The first-order chi connectivity index (χ1) is 7.45. The van der Waals surface area contributed by atoms with Crippen LogP contribution in [-0.4, -0.2) is 83.7 Å². The van der Waals surface area contributed by atoms with E-state index in [-0.39, 0.29) is 12.2 Å². The molecule has 0 saturated carbocycles. The molecule has 0 aromatic rings. The van der Waals surface area contributed by atoms with Crippen molar-refractivity contribution in [1.82, 2.24) is 0 Å². The van der Waals surface area contributed by atoms with Crippen LogP contribution in [0.5, 0.6) is 0 Å². The molecule has 16 heavy (non-hydrogen) atoms. The van der Waals surface area contributed by atoms with E-state index in [0.29, 0.717) is 0 Å². The molecule has 3 aliphatic heterocycles. The monoisotopic (exact) mass is 230 g/mol. The molecule has 3 saturated heterocycles. The van der Waals surface area contributed by atoms with Crippen LogP contribution in [0.25, 0.3) is 0 Å². The minimum Gasteiger partial charge on any atom is -0.388 e. The van der Waals surface area contributed by atoms with Gasteiger partial charge >= 0.3 is 0 Å². The molecule has 3 heterocycles. The van der Waals surface area contributed by atoms with Gasteiger partial charge in [-0.05, 0) is 13.8 Å². The first kappa shape index (κ1) is 12.3. The van der Waals surface area contributed by atoms with E-state index in [1.54, 1.807) is 0 Å². The number of piperazine rings is 3. The Kier molecular flexibility index (Phi) is 3.27. The Morgan fingerprint density at radius 1 is 0.750 bits per heavy atom. The van der Waals surface area contributed by atoms with Crippen molar-refractivity contribution in [1.29, 1.82) is 0 Å². The molecule has 2 bridgehead atoms. The number of nitrogens with zero attached hydrogens (tertiary/aromatic N) is 2. The third-order valence-corrected chi connectivity index (χ3v) is 4.45. The third-order valence-electron chi connectivity index (χ3n) is 4.45. The molecule has 0 spiro atoms. The smallest absolute Gasteiger partial charge is 0.129 e. The van der Waals surface area contributed by atoms with E-state index in [1.165, 1.54) is 39.3 Å². The number of hydrogen-bond acceptors (Lipinski definition) is 2. The maximum Gasteiger partial charge on any atom is 0.129 e. The molecule has 0 aliphatic carbocycles. The zero-order valence-corrected chi connectivity index (χ0v) is 10.6. The van der Waals surface area contributed by atoms with E-state index in [2.05, 4.69) is 0 Å². The molecule has 3 rings (SSSR count). The van der Waals surface area contributed by atoms with Crippen LogP contribution in [0.1, 0.15) is 13.8 Å². The fourth-order valence-corrected chi connectivity index (χ4v) is 3.61. The predicted molar refractivity (Wildman–Crippen MR) is 62.8 cm³/mol. The molecular formula is C12H26N2O2+2. The summed E-state index contributed by atoms with van der Waals surface area (Å²) in [5.74, 6) is 0. The van der Waals surface area contributed by atoms with E-state index < -0.39 is 0 Å². The highest BCUT2D eigenvalue weighted by molar-refractivity contribution is 4.65. The van der Waals surface area contributed by atoms with Gasteiger partial charge < -0.3 is 19.2 Å². The molecule has 0 aromatic carbocycles. The number of aliphatic hydroxyl groups is 2. The Morgan fingerprint density at radius 2 is 1.00 bits per heavy atom. The van der Waals surface area contributed by atoms with Crippen molar-refractivity contribution in [3.8, 4) is 0 Å². The molecule has 3 fully saturated rings. The minimum absolute atomic E-state index is 0.185. The zero-order valence-electron chi connectivity index (χ0n) is 10.6. The Balaban J connectivity index is 1.97. The van der Waals surface area contributed by atoms with E-state index in [4.69, 9.17) is 0 Å². The van der Waals surface area contributed by atoms with Gasteiger partial charge in [-0.25, -0.2) is 0 Å². The highest BCUT2D eigenvalue weighted by Gasteiger charge is 2.49. The van der Waals surface area contributed by atoms with E-state index in [1.807, 2.05) is 13.8 Å². The fourth-order valence-electron chi connectivity index (χ4n) is 3.61. The van der Waals surface area contributed by atoms with Gasteiger partial charge in [0.05, 0.1) is 0 Å². The second-order valence-corrected chi connectivity index (χ2v) is 6.09. The third kappa shape index (κ3) is 2.40. The lowest BCUT2D eigenvalue weighted by Gasteiger charge is -2.56. The normalized spacial score (nSPS) is 42.0. The summed E-state index contributed by atoms with van der Waals surface area (Å²) in [7, 11) is 0. The average Bonchev–Trinajstić information content (AvgIpc) is 2.18. The van der Waals surface area contributed by atoms with Crippen molar-refractivity contribution in [3.63, 3.8) is 0 Å². The van der Waals surface area contributed by atoms with E-state index in [0.717, 1.165) is 22.1 Å². The van der Waals surface area contributed by atoms with Crippen LogP contribution in [0.4, 0.5) is 0 Å². The van der Waals surface area contributed by atoms with Crippen molar-refractivity contribution >= 4 is 0 Å². The first-order valence-electron chi connectivity index (χ1n) is 6.52. The number of fused-ring (bicyclic) bond motifs is 3. The average molecular weight is 230 g/mol. The number of hydrogen-bond donors (Lipinski definition) is 2. The van der Waals surface area contributed by atoms with Gasteiger partial charge in [0.15, 0.2) is 0 Å². The fraction of sp³-hybridized carbons (Fsp3) is 1.00. The van der Waals surface area contributed by atoms with Gasteiger partial charge in [0, 0.05) is 0 Å². The SMILES string of the molecule is CC(O)C[N+]12CC[N+](CC(C)O)(CC1)CC2. The van der Waals surface area contributed by atoms with Gasteiger partial charge in [-0.1, -0.05) is 0 Å². The van der Waals surface area contributed by atoms with Crippen LogP contribution < -0.4 is 0 Å². The van der Waals surface area contributed by atoms with Crippen LogP contribution >= 0.6 is 0 Å². The lowest BCUT2D eigenvalue weighted by Crippen LogP contribution is -2.76. The summed E-state index contributed by atoms with van der Waals surface area (Å²) in [5.41, 5.74) is 0. The van der Waals surface area contributed by atoms with Crippen molar-refractivity contribution in [2.75, 3.05) is 52.4 Å². The van der Waals surface area contributed by atoms with Crippen LogP contribution in [-0.2, 0) is 0 Å². The first-order valence-corrected chi connectivity index (χ1v) is 6.52. The largest absolute Gasteiger partial charge is 0.388 e. The summed E-state index contributed by atoms with van der Waals surface area (Å²) in [6.07, 6.45) is -0.371. The summed E-state index contributed by atoms with van der Waals surface area (Å²) < 4.78 is 2.22. The van der Waals surface area contributed by atoms with Crippen molar-refractivity contribution < 1.29 is 19.2 Å². The molecule has 3 aliphatic rings. The molecule has 2 unspecified atom stereocenters. The second kappa shape index (κ2) is 4.26. The number of aliphatic hydroxyl groups excluding tert-OH is 2. The predicted octanol–water partition coefficient (Wildman–Crippen LogP) is -0.591. The zero-order chi connectivity index (χ0) is 11.8. The summed E-state index contributed by atoms with van der Waals surface area (Å²) in [4.78, 5) is 0. The topological polar surface area (TPSA) is 40.5 Å². The van der Waals surface area contributed by atoms with E-state index >= 15 is 0 Å². The molecule has 4 heteroatoms. The Labute approximate surface area is 98.3 Å². The van der Waals surface area contributed by atoms with Gasteiger partial charge in [0.25, 0.3) is 0 Å². The number of quaternary nitrogens is 2. The van der Waals surface area contributed by atoms with Gasteiger partial charge in [-0.3, -0.25) is 0 Å². The van der Waals surface area contributed by atoms with Gasteiger partial charge in [-0.15, -0.1) is 0 Å². The highest BCUT2D eigenvalue weighted by atomic mass is 16.3. The van der Waals surface area contributed by atoms with Crippen LogP contribution in [0.3, 0.4) is 0 Å². The number of rotatable bonds is 4. The van der Waals surface area contributed by atoms with Crippen molar-refractivity contribution in [2.45, 2.75) is 26.1 Å². The molecule has 2 atom stereocenters. The van der Waals surface area contributed by atoms with Crippen molar-refractivity contribution in [2.24, 2.45) is 0 Å². The van der Waals surface area contributed by atoms with Gasteiger partial charge in [0.2, 0.25) is 0 Å². The summed E-state index contributed by atoms with van der Waals surface area (Å²) in [5, 5.41) is 19.1.